The number of thiophene rings is 1. The SMILES string of the molecule is CC(C)S(=O)(=O)N(C)C(=O)c1cccs1. The molecule has 1 heterocycles. The number of rotatable bonds is 3. The first-order chi connectivity index (χ1) is 6.87. The van der Waals surface area contributed by atoms with Gasteiger partial charge in [-0.25, -0.2) is 12.7 Å². The lowest BCUT2D eigenvalue weighted by Crippen LogP contribution is -2.37. The predicted octanol–water partition coefficient (Wildman–Crippen LogP) is 1.56. The van der Waals surface area contributed by atoms with Crippen LogP contribution >= 0.6 is 11.3 Å². The van der Waals surface area contributed by atoms with E-state index in [1.165, 1.54) is 18.4 Å². The standard InChI is InChI=1S/C9H13NO3S2/c1-7(2)15(12,13)10(3)9(11)8-5-4-6-14-8/h4-7H,1-3H3. The Hall–Kier alpha value is -0.880. The van der Waals surface area contributed by atoms with Crippen LogP contribution in [0, 0.1) is 0 Å². The van der Waals surface area contributed by atoms with E-state index in [9.17, 15) is 13.2 Å². The van der Waals surface area contributed by atoms with Crippen LogP contribution in [0.25, 0.3) is 0 Å². The Morgan fingerprint density at radius 1 is 1.47 bits per heavy atom. The van der Waals surface area contributed by atoms with E-state index in [1.54, 1.807) is 31.4 Å². The van der Waals surface area contributed by atoms with Crippen LogP contribution in [-0.4, -0.2) is 30.9 Å². The molecule has 0 N–H and O–H groups in total. The van der Waals surface area contributed by atoms with E-state index in [-0.39, 0.29) is 0 Å². The Labute approximate surface area is 93.6 Å². The van der Waals surface area contributed by atoms with E-state index in [0.29, 0.717) is 4.88 Å². The molecule has 0 unspecified atom stereocenters. The van der Waals surface area contributed by atoms with Crippen molar-refractivity contribution in [3.05, 3.63) is 22.4 Å². The van der Waals surface area contributed by atoms with Gasteiger partial charge in [-0.1, -0.05) is 6.07 Å². The number of nitrogens with zero attached hydrogens (tertiary/aromatic N) is 1. The van der Waals surface area contributed by atoms with Crippen LogP contribution in [0.15, 0.2) is 17.5 Å². The Balaban J connectivity index is 2.97. The molecule has 6 heteroatoms. The summed E-state index contributed by atoms with van der Waals surface area (Å²) < 4.78 is 24.2. The summed E-state index contributed by atoms with van der Waals surface area (Å²) >= 11 is 1.23. The molecule has 0 aliphatic rings. The molecule has 1 rings (SSSR count). The highest BCUT2D eigenvalue weighted by Gasteiger charge is 2.27. The summed E-state index contributed by atoms with van der Waals surface area (Å²) in [5.41, 5.74) is 0. The van der Waals surface area contributed by atoms with Crippen LogP contribution in [0.1, 0.15) is 23.5 Å². The van der Waals surface area contributed by atoms with Gasteiger partial charge in [0.15, 0.2) is 0 Å². The monoisotopic (exact) mass is 247 g/mol. The van der Waals surface area contributed by atoms with Crippen molar-refractivity contribution in [2.45, 2.75) is 19.1 Å². The highest BCUT2D eigenvalue weighted by Crippen LogP contribution is 2.15. The van der Waals surface area contributed by atoms with Gasteiger partial charge in [-0.3, -0.25) is 4.79 Å². The van der Waals surface area contributed by atoms with Crippen LogP contribution < -0.4 is 0 Å². The normalized spacial score (nSPS) is 11.7. The molecule has 1 amide bonds. The highest BCUT2D eigenvalue weighted by atomic mass is 32.2. The fraction of sp³-hybridized carbons (Fsp3) is 0.444. The maximum Gasteiger partial charge on any atom is 0.277 e. The zero-order valence-corrected chi connectivity index (χ0v) is 10.4. The molecular formula is C9H13NO3S2. The van der Waals surface area contributed by atoms with Crippen molar-refractivity contribution in [3.8, 4) is 0 Å². The zero-order chi connectivity index (χ0) is 11.6. The maximum absolute atomic E-state index is 11.7. The van der Waals surface area contributed by atoms with Crippen molar-refractivity contribution >= 4 is 27.3 Å². The van der Waals surface area contributed by atoms with Gasteiger partial charge in [-0.15, -0.1) is 11.3 Å². The number of carbonyl (C=O) groups excluding carboxylic acids is 1. The number of sulfonamides is 1. The number of carbonyl (C=O) groups is 1. The van der Waals surface area contributed by atoms with Gasteiger partial charge < -0.3 is 0 Å². The highest BCUT2D eigenvalue weighted by molar-refractivity contribution is 7.90. The first kappa shape index (κ1) is 12.2. The molecule has 0 bridgehead atoms. The largest absolute Gasteiger partial charge is 0.277 e. The average Bonchev–Trinajstić information content (AvgIpc) is 2.67. The fourth-order valence-electron chi connectivity index (χ4n) is 0.987. The molecule has 1 aromatic heterocycles. The molecule has 15 heavy (non-hydrogen) atoms. The Morgan fingerprint density at radius 3 is 2.47 bits per heavy atom. The van der Waals surface area contributed by atoms with Crippen molar-refractivity contribution in [2.24, 2.45) is 0 Å². The predicted molar refractivity (Wildman–Crippen MR) is 60.5 cm³/mol. The molecule has 0 aliphatic heterocycles. The lowest BCUT2D eigenvalue weighted by atomic mass is 10.4. The first-order valence-corrected chi connectivity index (χ1v) is 6.81. The smallest absolute Gasteiger partial charge is 0.267 e. The number of hydrogen-bond donors (Lipinski definition) is 0. The van der Waals surface area contributed by atoms with Gasteiger partial charge in [0.1, 0.15) is 0 Å². The van der Waals surface area contributed by atoms with Gasteiger partial charge in [0, 0.05) is 7.05 Å². The van der Waals surface area contributed by atoms with E-state index in [0.717, 1.165) is 4.31 Å². The maximum atomic E-state index is 11.7. The Morgan fingerprint density at radius 2 is 2.07 bits per heavy atom. The van der Waals surface area contributed by atoms with Crippen LogP contribution in [0.5, 0.6) is 0 Å². The molecule has 0 fully saturated rings. The molecule has 0 aliphatic carbocycles. The number of hydrogen-bond acceptors (Lipinski definition) is 4. The molecular weight excluding hydrogens is 234 g/mol. The second kappa shape index (κ2) is 4.32. The summed E-state index contributed by atoms with van der Waals surface area (Å²) in [6.45, 7) is 3.10. The van der Waals surface area contributed by atoms with E-state index in [4.69, 9.17) is 0 Å². The third-order valence-electron chi connectivity index (χ3n) is 2.00. The summed E-state index contributed by atoms with van der Waals surface area (Å²) in [6, 6.07) is 3.33. The summed E-state index contributed by atoms with van der Waals surface area (Å²) in [6.07, 6.45) is 0. The topological polar surface area (TPSA) is 54.5 Å². The van der Waals surface area contributed by atoms with E-state index >= 15 is 0 Å². The van der Waals surface area contributed by atoms with E-state index in [2.05, 4.69) is 0 Å². The fourth-order valence-corrected chi connectivity index (χ4v) is 2.71. The summed E-state index contributed by atoms with van der Waals surface area (Å²) in [4.78, 5) is 12.1. The average molecular weight is 247 g/mol. The van der Waals surface area contributed by atoms with E-state index in [1.807, 2.05) is 0 Å². The molecule has 4 nitrogen and oxygen atoms in total. The van der Waals surface area contributed by atoms with E-state index < -0.39 is 21.2 Å². The molecule has 0 saturated heterocycles. The first-order valence-electron chi connectivity index (χ1n) is 4.43. The van der Waals surface area contributed by atoms with Gasteiger partial charge >= 0.3 is 0 Å². The van der Waals surface area contributed by atoms with Crippen molar-refractivity contribution in [3.63, 3.8) is 0 Å². The minimum atomic E-state index is -3.51. The van der Waals surface area contributed by atoms with Crippen LogP contribution in [-0.2, 0) is 10.0 Å². The van der Waals surface area contributed by atoms with Gasteiger partial charge in [-0.2, -0.15) is 0 Å². The van der Waals surface area contributed by atoms with Crippen LogP contribution in [0.2, 0.25) is 0 Å². The second-order valence-corrected chi connectivity index (χ2v) is 6.81. The molecule has 1 aromatic rings. The van der Waals surface area contributed by atoms with Gasteiger partial charge in [-0.05, 0) is 25.3 Å². The Kier molecular flexibility index (Phi) is 3.51. The minimum Gasteiger partial charge on any atom is -0.267 e. The lowest BCUT2D eigenvalue weighted by molar-refractivity contribution is 0.0886. The van der Waals surface area contributed by atoms with Gasteiger partial charge in [0.2, 0.25) is 10.0 Å². The van der Waals surface area contributed by atoms with Gasteiger partial charge in [0.05, 0.1) is 10.1 Å². The summed E-state index contributed by atoms with van der Waals surface area (Å²) in [5.74, 6) is -0.473. The molecule has 0 radical (unpaired) electrons. The van der Waals surface area contributed by atoms with Crippen molar-refractivity contribution in [1.29, 1.82) is 0 Å². The minimum absolute atomic E-state index is 0.432. The lowest BCUT2D eigenvalue weighted by Gasteiger charge is -2.18. The summed E-state index contributed by atoms with van der Waals surface area (Å²) in [7, 11) is -2.22. The molecule has 0 atom stereocenters. The molecule has 84 valence electrons. The Bertz CT molecular complexity index is 434. The van der Waals surface area contributed by atoms with Crippen LogP contribution in [0.4, 0.5) is 0 Å². The number of amides is 1. The molecule has 0 saturated carbocycles. The summed E-state index contributed by atoms with van der Waals surface area (Å²) in [5, 5.41) is 1.15. The van der Waals surface area contributed by atoms with Gasteiger partial charge in [0.25, 0.3) is 5.91 Å². The van der Waals surface area contributed by atoms with Crippen LogP contribution in [0.3, 0.4) is 0 Å². The van der Waals surface area contributed by atoms with Crippen molar-refractivity contribution in [1.82, 2.24) is 4.31 Å². The third kappa shape index (κ3) is 2.38. The molecule has 0 spiro atoms. The van der Waals surface area contributed by atoms with Crippen molar-refractivity contribution in [2.75, 3.05) is 7.05 Å². The zero-order valence-electron chi connectivity index (χ0n) is 8.80. The quantitative estimate of drug-likeness (QED) is 0.814. The third-order valence-corrected chi connectivity index (χ3v) is 4.97. The molecule has 0 aromatic carbocycles. The second-order valence-electron chi connectivity index (χ2n) is 3.34. The van der Waals surface area contributed by atoms with Crippen molar-refractivity contribution < 1.29 is 13.2 Å².